The Morgan fingerprint density at radius 1 is 1.19 bits per heavy atom. The zero-order valence-corrected chi connectivity index (χ0v) is 22.0. The lowest BCUT2D eigenvalue weighted by Gasteiger charge is -2.31. The summed E-state index contributed by atoms with van der Waals surface area (Å²) in [5.41, 5.74) is 11.6. The molecule has 0 radical (unpaired) electrons. The van der Waals surface area contributed by atoms with E-state index >= 15 is 0 Å². The smallest absolute Gasteiger partial charge is 0.250 e. The normalized spacial score (nSPS) is 18.2. The number of nitrogens with one attached hydrogen (secondary N) is 3. The summed E-state index contributed by atoms with van der Waals surface area (Å²) >= 11 is 2.00. The molecule has 2 saturated heterocycles. The van der Waals surface area contributed by atoms with Crippen LogP contribution in [0.4, 0.5) is 0 Å². The molecule has 2 aromatic heterocycles. The van der Waals surface area contributed by atoms with Gasteiger partial charge >= 0.3 is 0 Å². The van der Waals surface area contributed by atoms with Crippen molar-refractivity contribution in [2.24, 2.45) is 5.73 Å². The predicted octanol–water partition coefficient (Wildman–Crippen LogP) is 3.53. The van der Waals surface area contributed by atoms with E-state index in [1.165, 1.54) is 24.3 Å². The number of carbonyl (C=O) groups excluding carboxylic acids is 1. The van der Waals surface area contributed by atoms with Crippen LogP contribution < -0.4 is 11.1 Å². The van der Waals surface area contributed by atoms with Gasteiger partial charge in [0.15, 0.2) is 0 Å². The summed E-state index contributed by atoms with van der Waals surface area (Å²) in [6.45, 7) is 8.01. The van der Waals surface area contributed by atoms with Gasteiger partial charge in [-0.25, -0.2) is 0 Å². The number of ether oxygens (including phenoxy) is 1. The average molecular weight is 511 g/mol. The van der Waals surface area contributed by atoms with Gasteiger partial charge in [0.25, 0.3) is 5.91 Å². The lowest BCUT2D eigenvalue weighted by atomic mass is 9.89. The van der Waals surface area contributed by atoms with Crippen LogP contribution in [0.2, 0.25) is 0 Å². The number of benzene rings is 1. The number of rotatable bonds is 10. The number of nitrogens with two attached hydrogens (primary N) is 1. The second kappa shape index (κ2) is 11.8. The summed E-state index contributed by atoms with van der Waals surface area (Å²) in [6.07, 6.45) is 5.56. The average Bonchev–Trinajstić information content (AvgIpc) is 3.54. The number of piperidine rings is 1. The highest BCUT2D eigenvalue weighted by Gasteiger charge is 2.25. The van der Waals surface area contributed by atoms with Gasteiger partial charge in [0.1, 0.15) is 0 Å². The van der Waals surface area contributed by atoms with Crippen LogP contribution in [0.5, 0.6) is 0 Å². The first-order chi connectivity index (χ1) is 17.6. The fourth-order valence-corrected chi connectivity index (χ4v) is 6.43. The molecule has 0 atom stereocenters. The first-order valence-electron chi connectivity index (χ1n) is 13.1. The maximum atomic E-state index is 12.3. The van der Waals surface area contributed by atoms with E-state index in [1.54, 1.807) is 0 Å². The molecule has 5 N–H and O–H groups in total. The van der Waals surface area contributed by atoms with Gasteiger partial charge in [-0.1, -0.05) is 11.9 Å². The Morgan fingerprint density at radius 2 is 2.00 bits per heavy atom. The molecule has 0 bridgehead atoms. The van der Waals surface area contributed by atoms with Crippen molar-refractivity contribution < 1.29 is 9.53 Å². The van der Waals surface area contributed by atoms with Gasteiger partial charge in [-0.05, 0) is 74.2 Å². The van der Waals surface area contributed by atoms with Crippen molar-refractivity contribution in [2.45, 2.75) is 31.7 Å². The van der Waals surface area contributed by atoms with Gasteiger partial charge in [0.2, 0.25) is 0 Å². The highest BCUT2D eigenvalue weighted by Crippen LogP contribution is 2.37. The molecule has 9 heteroatoms. The van der Waals surface area contributed by atoms with Crippen molar-refractivity contribution in [3.8, 4) is 11.3 Å². The number of hydrogen-bond acceptors (Lipinski definition) is 6. The van der Waals surface area contributed by atoms with E-state index in [2.05, 4.69) is 48.9 Å². The van der Waals surface area contributed by atoms with Crippen LogP contribution in [0, 0.1) is 0 Å². The summed E-state index contributed by atoms with van der Waals surface area (Å²) in [7, 11) is 1.93. The van der Waals surface area contributed by atoms with Gasteiger partial charge < -0.3 is 25.8 Å². The third kappa shape index (κ3) is 5.81. The SMILES string of the molecule is CNCc1ccc(-c2cc(C(N)=O)c3[nH]cc(C4CCN(SCCCN5CCOCC5)CC4)c3c2)[nH]1. The molecule has 1 aromatic carbocycles. The van der Waals surface area contributed by atoms with E-state index in [0.29, 0.717) is 11.5 Å². The maximum Gasteiger partial charge on any atom is 0.250 e. The van der Waals surface area contributed by atoms with Crippen LogP contribution in [0.15, 0.2) is 30.5 Å². The van der Waals surface area contributed by atoms with E-state index in [1.807, 2.05) is 25.1 Å². The van der Waals surface area contributed by atoms with Gasteiger partial charge in [-0.15, -0.1) is 0 Å². The molecular weight excluding hydrogens is 472 g/mol. The highest BCUT2D eigenvalue weighted by atomic mass is 32.2. The molecule has 2 aliphatic heterocycles. The summed E-state index contributed by atoms with van der Waals surface area (Å²) in [5.74, 6) is 1.25. The van der Waals surface area contributed by atoms with Crippen LogP contribution in [0.1, 0.15) is 46.8 Å². The van der Waals surface area contributed by atoms with Crippen molar-refractivity contribution in [1.82, 2.24) is 24.5 Å². The van der Waals surface area contributed by atoms with Crippen LogP contribution in [-0.2, 0) is 11.3 Å². The molecule has 194 valence electrons. The van der Waals surface area contributed by atoms with Crippen molar-refractivity contribution in [2.75, 3.05) is 58.7 Å². The Hall–Kier alpha value is -2.30. The lowest BCUT2D eigenvalue weighted by Crippen LogP contribution is -2.37. The zero-order valence-electron chi connectivity index (χ0n) is 21.1. The number of amides is 1. The zero-order chi connectivity index (χ0) is 24.9. The monoisotopic (exact) mass is 510 g/mol. The molecular formula is C27H38N6O2S. The summed E-state index contributed by atoms with van der Waals surface area (Å²) in [5, 5.41) is 4.28. The molecule has 0 aliphatic carbocycles. The van der Waals surface area contributed by atoms with Crippen molar-refractivity contribution in [3.05, 3.63) is 47.3 Å². The Morgan fingerprint density at radius 3 is 2.75 bits per heavy atom. The minimum Gasteiger partial charge on any atom is -0.379 e. The molecule has 8 nitrogen and oxygen atoms in total. The fourth-order valence-electron chi connectivity index (χ4n) is 5.45. The number of aromatic nitrogens is 2. The second-order valence-corrected chi connectivity index (χ2v) is 11.0. The minimum absolute atomic E-state index is 0.402. The summed E-state index contributed by atoms with van der Waals surface area (Å²) in [6, 6.07) is 8.25. The van der Waals surface area contributed by atoms with Crippen molar-refractivity contribution in [3.63, 3.8) is 0 Å². The Bertz CT molecular complexity index is 1160. The molecule has 2 aliphatic rings. The minimum atomic E-state index is -0.402. The topological polar surface area (TPSA) is 102 Å². The number of fused-ring (bicyclic) bond motifs is 1. The van der Waals surface area contributed by atoms with Crippen LogP contribution >= 0.6 is 11.9 Å². The molecule has 3 aromatic rings. The van der Waals surface area contributed by atoms with E-state index in [4.69, 9.17) is 10.5 Å². The molecule has 5 rings (SSSR count). The molecule has 0 unspecified atom stereocenters. The van der Waals surface area contributed by atoms with Gasteiger partial charge in [-0.3, -0.25) is 14.0 Å². The van der Waals surface area contributed by atoms with Crippen molar-refractivity contribution in [1.29, 1.82) is 0 Å². The largest absolute Gasteiger partial charge is 0.379 e. The first-order valence-corrected chi connectivity index (χ1v) is 14.0. The van der Waals surface area contributed by atoms with Crippen LogP contribution in [-0.4, -0.2) is 83.8 Å². The number of carbonyl (C=O) groups is 1. The molecule has 36 heavy (non-hydrogen) atoms. The molecule has 0 saturated carbocycles. The van der Waals surface area contributed by atoms with E-state index in [0.717, 1.165) is 86.6 Å². The maximum absolute atomic E-state index is 12.3. The Balaban J connectivity index is 1.24. The fraction of sp³-hybridized carbons (Fsp3) is 0.519. The van der Waals surface area contributed by atoms with Crippen molar-refractivity contribution >= 4 is 28.8 Å². The standard InChI is InChI=1S/C27H38N6O2S/c1-29-17-21-3-4-25(31-21)20-15-22-24(18-30-26(22)23(16-20)27(28)34)19-5-8-33(9-6-19)36-14-2-7-32-10-12-35-13-11-32/h3-4,15-16,18-19,29-31H,2,5-14,17H2,1H3,(H2,28,34). The molecule has 4 heterocycles. The van der Waals surface area contributed by atoms with Gasteiger partial charge in [0.05, 0.1) is 24.3 Å². The highest BCUT2D eigenvalue weighted by molar-refractivity contribution is 7.97. The summed E-state index contributed by atoms with van der Waals surface area (Å²) < 4.78 is 7.98. The quantitative estimate of drug-likeness (QED) is 0.246. The van der Waals surface area contributed by atoms with E-state index < -0.39 is 5.91 Å². The lowest BCUT2D eigenvalue weighted by molar-refractivity contribution is 0.0381. The third-order valence-corrected chi connectivity index (χ3v) is 8.60. The van der Waals surface area contributed by atoms with E-state index in [9.17, 15) is 4.79 Å². The number of primary amides is 1. The molecule has 0 spiro atoms. The Labute approximate surface area is 217 Å². The summed E-state index contributed by atoms with van der Waals surface area (Å²) in [4.78, 5) is 21.7. The number of hydrogen-bond donors (Lipinski definition) is 4. The first kappa shape index (κ1) is 25.4. The van der Waals surface area contributed by atoms with Crippen LogP contribution in [0.3, 0.4) is 0 Å². The molecule has 2 fully saturated rings. The second-order valence-electron chi connectivity index (χ2n) is 9.83. The molecule has 1 amide bonds. The third-order valence-electron chi connectivity index (χ3n) is 7.40. The predicted molar refractivity (Wildman–Crippen MR) is 147 cm³/mol. The number of aromatic amines is 2. The number of morpholine rings is 1. The van der Waals surface area contributed by atoms with E-state index in [-0.39, 0.29) is 0 Å². The number of H-pyrrole nitrogens is 2. The Kier molecular flexibility index (Phi) is 8.33. The van der Waals surface area contributed by atoms with Gasteiger partial charge in [0, 0.05) is 61.4 Å². The number of nitrogens with zero attached hydrogens (tertiary/aromatic N) is 2. The van der Waals surface area contributed by atoms with Gasteiger partial charge in [-0.2, -0.15) is 0 Å². The van der Waals surface area contributed by atoms with Crippen LogP contribution in [0.25, 0.3) is 22.2 Å².